The van der Waals surface area contributed by atoms with Crippen LogP contribution in [-0.4, -0.2) is 54.2 Å². The molecule has 1 amide bonds. The molecule has 4 heteroatoms. The number of hydrogen-bond donors (Lipinski definition) is 0. The largest absolute Gasteiger partial charge is 0.334 e. The van der Waals surface area contributed by atoms with Crippen LogP contribution in [0.25, 0.3) is 0 Å². The number of carbonyl (C=O) groups excluding carboxylic acids is 2. The monoisotopic (exact) mass is 198 g/mol. The number of rotatable bonds is 2. The summed E-state index contributed by atoms with van der Waals surface area (Å²) >= 11 is 0. The molecule has 0 aliphatic carbocycles. The van der Waals surface area contributed by atoms with E-state index in [1.165, 1.54) is 6.92 Å². The molecule has 80 valence electrons. The van der Waals surface area contributed by atoms with Gasteiger partial charge in [-0.25, -0.2) is 0 Å². The lowest BCUT2D eigenvalue weighted by Gasteiger charge is -2.24. The molecular weight excluding hydrogens is 180 g/mol. The summed E-state index contributed by atoms with van der Waals surface area (Å²) in [6.07, 6.45) is 0.944. The van der Waals surface area contributed by atoms with Crippen molar-refractivity contribution in [2.24, 2.45) is 0 Å². The first-order valence-electron chi connectivity index (χ1n) is 5.01. The van der Waals surface area contributed by atoms with E-state index in [0.717, 1.165) is 13.0 Å². The minimum atomic E-state index is -0.100. The zero-order chi connectivity index (χ0) is 10.7. The Morgan fingerprint density at radius 3 is 2.71 bits per heavy atom. The molecule has 0 spiro atoms. The van der Waals surface area contributed by atoms with Crippen molar-refractivity contribution < 1.29 is 9.59 Å². The molecule has 0 N–H and O–H groups in total. The Hall–Kier alpha value is -0.900. The Bertz CT molecular complexity index is 240. The van der Waals surface area contributed by atoms with Gasteiger partial charge in [0.15, 0.2) is 0 Å². The van der Waals surface area contributed by atoms with Crippen LogP contribution in [0.2, 0.25) is 0 Å². The van der Waals surface area contributed by atoms with Crippen molar-refractivity contribution in [2.45, 2.75) is 26.3 Å². The molecule has 1 aliphatic heterocycles. The van der Waals surface area contributed by atoms with Crippen LogP contribution in [0.15, 0.2) is 0 Å². The van der Waals surface area contributed by atoms with Crippen molar-refractivity contribution in [1.29, 1.82) is 0 Å². The summed E-state index contributed by atoms with van der Waals surface area (Å²) in [4.78, 5) is 26.5. The fourth-order valence-electron chi connectivity index (χ4n) is 1.69. The topological polar surface area (TPSA) is 40.6 Å². The summed E-state index contributed by atoms with van der Waals surface area (Å²) < 4.78 is 0. The van der Waals surface area contributed by atoms with E-state index < -0.39 is 0 Å². The van der Waals surface area contributed by atoms with Crippen molar-refractivity contribution >= 4 is 11.7 Å². The van der Waals surface area contributed by atoms with Crippen LogP contribution >= 0.6 is 0 Å². The summed E-state index contributed by atoms with van der Waals surface area (Å²) in [7, 11) is 1.94. The van der Waals surface area contributed by atoms with Crippen LogP contribution in [0.1, 0.15) is 20.3 Å². The number of nitrogens with zero attached hydrogens (tertiary/aromatic N) is 2. The average Bonchev–Trinajstić information content (AvgIpc) is 2.21. The third kappa shape index (κ3) is 2.54. The highest BCUT2D eigenvalue weighted by atomic mass is 16.2. The van der Waals surface area contributed by atoms with Gasteiger partial charge in [-0.3, -0.25) is 14.5 Å². The van der Waals surface area contributed by atoms with Gasteiger partial charge in [-0.2, -0.15) is 0 Å². The van der Waals surface area contributed by atoms with Gasteiger partial charge in [-0.1, -0.05) is 0 Å². The van der Waals surface area contributed by atoms with Crippen molar-refractivity contribution in [3.8, 4) is 0 Å². The molecule has 1 unspecified atom stereocenters. The van der Waals surface area contributed by atoms with Crippen molar-refractivity contribution in [2.75, 3.05) is 26.7 Å². The second kappa shape index (κ2) is 4.55. The molecule has 1 atom stereocenters. The Morgan fingerprint density at radius 2 is 2.14 bits per heavy atom. The van der Waals surface area contributed by atoms with Crippen LogP contribution in [0.4, 0.5) is 0 Å². The molecule has 1 heterocycles. The van der Waals surface area contributed by atoms with E-state index >= 15 is 0 Å². The molecule has 1 saturated heterocycles. The van der Waals surface area contributed by atoms with Crippen molar-refractivity contribution in [3.63, 3.8) is 0 Å². The Labute approximate surface area is 84.9 Å². The number of ketones is 1. The van der Waals surface area contributed by atoms with Crippen LogP contribution < -0.4 is 0 Å². The van der Waals surface area contributed by atoms with Gasteiger partial charge in [-0.15, -0.1) is 0 Å². The van der Waals surface area contributed by atoms with Crippen LogP contribution in [0, 0.1) is 0 Å². The van der Waals surface area contributed by atoms with Gasteiger partial charge in [0.1, 0.15) is 5.78 Å². The molecule has 0 aromatic rings. The van der Waals surface area contributed by atoms with E-state index in [0.29, 0.717) is 6.54 Å². The van der Waals surface area contributed by atoms with E-state index in [9.17, 15) is 9.59 Å². The summed E-state index contributed by atoms with van der Waals surface area (Å²) in [6.45, 7) is 5.29. The molecule has 14 heavy (non-hydrogen) atoms. The van der Waals surface area contributed by atoms with Gasteiger partial charge in [0, 0.05) is 13.1 Å². The summed E-state index contributed by atoms with van der Waals surface area (Å²) in [5.41, 5.74) is 0. The van der Waals surface area contributed by atoms with Crippen molar-refractivity contribution in [1.82, 2.24) is 9.80 Å². The molecule has 0 aromatic carbocycles. The highest BCUT2D eigenvalue weighted by molar-refractivity contribution is 5.87. The van der Waals surface area contributed by atoms with E-state index in [-0.39, 0.29) is 24.3 Å². The van der Waals surface area contributed by atoms with Crippen LogP contribution in [0.3, 0.4) is 0 Å². The number of amides is 1. The van der Waals surface area contributed by atoms with Crippen LogP contribution in [-0.2, 0) is 9.59 Å². The van der Waals surface area contributed by atoms with Crippen LogP contribution in [0.5, 0.6) is 0 Å². The number of hydrogen-bond acceptors (Lipinski definition) is 3. The molecule has 0 saturated carbocycles. The maximum atomic E-state index is 11.8. The molecule has 1 rings (SSSR count). The molecule has 0 radical (unpaired) electrons. The second-order valence-corrected chi connectivity index (χ2v) is 3.97. The minimum absolute atomic E-state index is 0.0510. The Kier molecular flexibility index (Phi) is 3.63. The third-order valence-electron chi connectivity index (χ3n) is 2.68. The second-order valence-electron chi connectivity index (χ2n) is 3.97. The minimum Gasteiger partial charge on any atom is -0.334 e. The first-order valence-corrected chi connectivity index (χ1v) is 5.01. The fraction of sp³-hybridized carbons (Fsp3) is 0.800. The molecule has 0 aromatic heterocycles. The van der Waals surface area contributed by atoms with Gasteiger partial charge in [-0.05, 0) is 27.3 Å². The number of Topliss-reactive ketones (excluding diaryl/α,β-unsaturated/α-hetero) is 1. The molecule has 0 bridgehead atoms. The van der Waals surface area contributed by atoms with E-state index in [1.54, 1.807) is 4.90 Å². The first kappa shape index (κ1) is 11.2. The maximum Gasteiger partial charge on any atom is 0.240 e. The predicted molar refractivity (Wildman–Crippen MR) is 54.0 cm³/mol. The van der Waals surface area contributed by atoms with Crippen molar-refractivity contribution in [3.05, 3.63) is 0 Å². The SMILES string of the molecule is CC(=O)CN1CCCN(C)C(C)C1=O. The van der Waals surface area contributed by atoms with Gasteiger partial charge >= 0.3 is 0 Å². The normalized spacial score (nSPS) is 24.9. The zero-order valence-electron chi connectivity index (χ0n) is 9.12. The lowest BCUT2D eigenvalue weighted by Crippen LogP contribution is -2.44. The van der Waals surface area contributed by atoms with Gasteiger partial charge in [0.05, 0.1) is 12.6 Å². The summed E-state index contributed by atoms with van der Waals surface area (Å²) in [6, 6.07) is -0.100. The predicted octanol–water partition coefficient (Wildman–Crippen LogP) is 0.128. The highest BCUT2D eigenvalue weighted by Crippen LogP contribution is 2.08. The van der Waals surface area contributed by atoms with E-state index in [4.69, 9.17) is 0 Å². The Balaban J connectivity index is 2.67. The molecule has 1 fully saturated rings. The zero-order valence-corrected chi connectivity index (χ0v) is 9.12. The standard InChI is InChI=1S/C10H18N2O2/c1-8(13)7-12-6-4-5-11(3)9(2)10(12)14/h9H,4-7H2,1-3H3. The average molecular weight is 198 g/mol. The molecular formula is C10H18N2O2. The number of likely N-dealkylation sites (N-methyl/N-ethyl adjacent to an activating group) is 1. The Morgan fingerprint density at radius 1 is 1.50 bits per heavy atom. The lowest BCUT2D eigenvalue weighted by atomic mass is 10.2. The third-order valence-corrected chi connectivity index (χ3v) is 2.68. The maximum absolute atomic E-state index is 11.8. The highest BCUT2D eigenvalue weighted by Gasteiger charge is 2.27. The van der Waals surface area contributed by atoms with Gasteiger partial charge < -0.3 is 4.90 Å². The lowest BCUT2D eigenvalue weighted by molar-refractivity contribution is -0.137. The fourth-order valence-corrected chi connectivity index (χ4v) is 1.69. The van der Waals surface area contributed by atoms with E-state index in [2.05, 4.69) is 0 Å². The molecule has 1 aliphatic rings. The van der Waals surface area contributed by atoms with E-state index in [1.807, 2.05) is 18.9 Å². The van der Waals surface area contributed by atoms with Gasteiger partial charge in [0.25, 0.3) is 0 Å². The summed E-state index contributed by atoms with van der Waals surface area (Å²) in [5.74, 6) is 0.121. The summed E-state index contributed by atoms with van der Waals surface area (Å²) in [5, 5.41) is 0. The molecule has 4 nitrogen and oxygen atoms in total. The smallest absolute Gasteiger partial charge is 0.240 e. The quantitative estimate of drug-likeness (QED) is 0.633. The number of carbonyl (C=O) groups is 2. The van der Waals surface area contributed by atoms with Gasteiger partial charge in [0.2, 0.25) is 5.91 Å². The first-order chi connectivity index (χ1) is 6.52.